The van der Waals surface area contributed by atoms with E-state index in [9.17, 15) is 27.6 Å². The van der Waals surface area contributed by atoms with Gasteiger partial charge in [0.25, 0.3) is 5.91 Å². The zero-order valence-corrected chi connectivity index (χ0v) is 10.5. The molecule has 1 aliphatic heterocycles. The molecule has 1 aromatic carbocycles. The number of urea groups is 1. The summed E-state index contributed by atoms with van der Waals surface area (Å²) in [7, 11) is 0. The number of hydrogen-bond acceptors (Lipinski definition) is 3. The number of halogens is 3. The summed E-state index contributed by atoms with van der Waals surface area (Å²) in [4.78, 5) is 34.8. The minimum atomic E-state index is -4.62. The predicted octanol–water partition coefficient (Wildman–Crippen LogP) is 1.20. The molecule has 112 valence electrons. The van der Waals surface area contributed by atoms with E-state index in [0.717, 1.165) is 12.1 Å². The molecular weight excluding hydrogens is 291 g/mol. The molecule has 0 saturated carbocycles. The number of anilines is 1. The first kappa shape index (κ1) is 14.8. The molecule has 1 aromatic rings. The highest BCUT2D eigenvalue weighted by atomic mass is 19.4. The van der Waals surface area contributed by atoms with Crippen LogP contribution in [0.25, 0.3) is 0 Å². The third kappa shape index (κ3) is 3.30. The fraction of sp³-hybridized carbons (Fsp3) is 0.250. The van der Waals surface area contributed by atoms with Gasteiger partial charge in [0.1, 0.15) is 6.54 Å². The largest absolute Gasteiger partial charge is 0.418 e. The maximum Gasteiger partial charge on any atom is 0.418 e. The fourth-order valence-electron chi connectivity index (χ4n) is 1.79. The maximum absolute atomic E-state index is 12.7. The molecule has 2 N–H and O–H groups in total. The third-order valence-corrected chi connectivity index (χ3v) is 2.75. The summed E-state index contributed by atoms with van der Waals surface area (Å²) in [5.41, 5.74) is -1.43. The molecule has 1 heterocycles. The van der Waals surface area contributed by atoms with E-state index in [1.165, 1.54) is 12.1 Å². The summed E-state index contributed by atoms with van der Waals surface area (Å²) in [6, 6.07) is 3.68. The number of rotatable bonds is 3. The smallest absolute Gasteiger partial charge is 0.329 e. The van der Waals surface area contributed by atoms with Crippen molar-refractivity contribution in [3.63, 3.8) is 0 Å². The molecular formula is C12H10F3N3O3. The first-order chi connectivity index (χ1) is 9.79. The number of benzene rings is 1. The molecule has 9 heteroatoms. The topological polar surface area (TPSA) is 78.5 Å². The van der Waals surface area contributed by atoms with Gasteiger partial charge in [-0.25, -0.2) is 4.79 Å². The molecule has 4 amide bonds. The van der Waals surface area contributed by atoms with Gasteiger partial charge in [-0.1, -0.05) is 12.1 Å². The van der Waals surface area contributed by atoms with Crippen molar-refractivity contribution in [2.24, 2.45) is 0 Å². The van der Waals surface area contributed by atoms with E-state index in [1.807, 2.05) is 0 Å². The van der Waals surface area contributed by atoms with E-state index in [0.29, 0.717) is 4.90 Å². The number of nitrogens with one attached hydrogen (secondary N) is 2. The lowest BCUT2D eigenvalue weighted by Crippen LogP contribution is -2.38. The van der Waals surface area contributed by atoms with E-state index in [4.69, 9.17) is 0 Å². The van der Waals surface area contributed by atoms with Crippen LogP contribution in [0.4, 0.5) is 23.7 Å². The van der Waals surface area contributed by atoms with Crippen LogP contribution in [0, 0.1) is 0 Å². The van der Waals surface area contributed by atoms with Crippen LogP contribution in [-0.2, 0) is 15.8 Å². The number of carbonyl (C=O) groups is 3. The molecule has 21 heavy (non-hydrogen) atoms. The lowest BCUT2D eigenvalue weighted by Gasteiger charge is -2.15. The number of alkyl halides is 3. The maximum atomic E-state index is 12.7. The van der Waals surface area contributed by atoms with Gasteiger partial charge in [-0.15, -0.1) is 0 Å². The van der Waals surface area contributed by atoms with Crippen LogP contribution in [0.1, 0.15) is 5.56 Å². The number of nitrogens with zero attached hydrogens (tertiary/aromatic N) is 1. The van der Waals surface area contributed by atoms with Crippen LogP contribution in [-0.4, -0.2) is 35.8 Å². The van der Waals surface area contributed by atoms with Crippen molar-refractivity contribution in [1.29, 1.82) is 0 Å². The summed E-state index contributed by atoms with van der Waals surface area (Å²) in [5.74, 6) is -1.50. The van der Waals surface area contributed by atoms with Crippen LogP contribution >= 0.6 is 0 Å². The van der Waals surface area contributed by atoms with Gasteiger partial charge in [0.2, 0.25) is 5.91 Å². The summed E-state index contributed by atoms with van der Waals surface area (Å²) >= 11 is 0. The van der Waals surface area contributed by atoms with Crippen molar-refractivity contribution in [2.45, 2.75) is 6.18 Å². The van der Waals surface area contributed by atoms with Crippen molar-refractivity contribution in [3.05, 3.63) is 29.8 Å². The van der Waals surface area contributed by atoms with E-state index in [1.54, 1.807) is 0 Å². The molecule has 1 saturated heterocycles. The zero-order valence-electron chi connectivity index (χ0n) is 10.5. The van der Waals surface area contributed by atoms with Crippen molar-refractivity contribution in [3.8, 4) is 0 Å². The molecule has 0 unspecified atom stereocenters. The minimum Gasteiger partial charge on any atom is -0.329 e. The van der Waals surface area contributed by atoms with Gasteiger partial charge in [0.05, 0.1) is 17.8 Å². The van der Waals surface area contributed by atoms with E-state index < -0.39 is 41.8 Å². The first-order valence-corrected chi connectivity index (χ1v) is 5.83. The number of para-hydroxylation sites is 1. The van der Waals surface area contributed by atoms with Gasteiger partial charge < -0.3 is 10.6 Å². The Morgan fingerprint density at radius 2 is 1.95 bits per heavy atom. The van der Waals surface area contributed by atoms with Gasteiger partial charge in [0, 0.05) is 0 Å². The lowest BCUT2D eigenvalue weighted by atomic mass is 10.1. The highest BCUT2D eigenvalue weighted by molar-refractivity contribution is 6.06. The van der Waals surface area contributed by atoms with Gasteiger partial charge in [-0.3, -0.25) is 14.5 Å². The molecule has 0 aromatic heterocycles. The van der Waals surface area contributed by atoms with Crippen LogP contribution in [0.2, 0.25) is 0 Å². The van der Waals surface area contributed by atoms with Crippen LogP contribution in [0.15, 0.2) is 24.3 Å². The van der Waals surface area contributed by atoms with Crippen molar-refractivity contribution in [1.82, 2.24) is 10.2 Å². The number of hydrogen-bond donors (Lipinski definition) is 2. The molecule has 0 bridgehead atoms. The van der Waals surface area contributed by atoms with Crippen molar-refractivity contribution < 1.29 is 27.6 Å². The Balaban J connectivity index is 2.10. The molecule has 0 spiro atoms. The van der Waals surface area contributed by atoms with Crippen LogP contribution < -0.4 is 10.6 Å². The number of carbonyl (C=O) groups excluding carboxylic acids is 3. The summed E-state index contributed by atoms with van der Waals surface area (Å²) in [6.07, 6.45) is -4.62. The lowest BCUT2D eigenvalue weighted by molar-refractivity contribution is -0.137. The second-order valence-electron chi connectivity index (χ2n) is 4.23. The second-order valence-corrected chi connectivity index (χ2v) is 4.23. The van der Waals surface area contributed by atoms with E-state index >= 15 is 0 Å². The Hall–Kier alpha value is -2.58. The molecule has 0 radical (unpaired) electrons. The Kier molecular flexibility index (Phi) is 3.83. The SMILES string of the molecule is O=C(CN1C(=O)CNC1=O)Nc1ccccc1C(F)(F)F. The van der Waals surface area contributed by atoms with Crippen LogP contribution in [0.3, 0.4) is 0 Å². The molecule has 0 atom stereocenters. The van der Waals surface area contributed by atoms with Gasteiger partial charge in [-0.2, -0.15) is 13.2 Å². The van der Waals surface area contributed by atoms with Crippen LogP contribution in [0.5, 0.6) is 0 Å². The monoisotopic (exact) mass is 301 g/mol. The molecule has 0 aliphatic carbocycles. The summed E-state index contributed by atoms with van der Waals surface area (Å²) < 4.78 is 38.2. The summed E-state index contributed by atoms with van der Waals surface area (Å²) in [6.45, 7) is -0.873. The molecule has 1 fully saturated rings. The average Bonchev–Trinajstić information content (AvgIpc) is 2.70. The molecule has 2 rings (SSSR count). The Labute approximate surface area is 116 Å². The minimum absolute atomic E-state index is 0.231. The Morgan fingerprint density at radius 1 is 1.29 bits per heavy atom. The quantitative estimate of drug-likeness (QED) is 0.823. The average molecular weight is 301 g/mol. The van der Waals surface area contributed by atoms with Gasteiger partial charge >= 0.3 is 12.2 Å². The van der Waals surface area contributed by atoms with E-state index in [-0.39, 0.29) is 6.54 Å². The summed E-state index contributed by atoms with van der Waals surface area (Å²) in [5, 5.41) is 4.25. The molecule has 6 nitrogen and oxygen atoms in total. The van der Waals surface area contributed by atoms with Gasteiger partial charge in [-0.05, 0) is 12.1 Å². The van der Waals surface area contributed by atoms with E-state index in [2.05, 4.69) is 10.6 Å². The standard InChI is InChI=1S/C12H10F3N3O3/c13-12(14,15)7-3-1-2-4-8(7)17-9(19)6-18-10(20)5-16-11(18)21/h1-4H,5-6H2,(H,16,21)(H,17,19). The predicted molar refractivity (Wildman–Crippen MR) is 65.2 cm³/mol. The fourth-order valence-corrected chi connectivity index (χ4v) is 1.79. The molecule has 1 aliphatic rings. The number of imide groups is 1. The third-order valence-electron chi connectivity index (χ3n) is 2.75. The Morgan fingerprint density at radius 3 is 2.52 bits per heavy atom. The Bertz CT molecular complexity index is 585. The highest BCUT2D eigenvalue weighted by Crippen LogP contribution is 2.34. The normalized spacial score (nSPS) is 15.1. The van der Waals surface area contributed by atoms with Crippen molar-refractivity contribution in [2.75, 3.05) is 18.4 Å². The number of amides is 4. The second kappa shape index (κ2) is 5.43. The zero-order chi connectivity index (χ0) is 15.6. The van der Waals surface area contributed by atoms with Gasteiger partial charge in [0.15, 0.2) is 0 Å². The van der Waals surface area contributed by atoms with Crippen molar-refractivity contribution >= 4 is 23.5 Å². The first-order valence-electron chi connectivity index (χ1n) is 5.83. The highest BCUT2D eigenvalue weighted by Gasteiger charge is 2.34.